The number of halogens is 1. The average molecular weight is 384 g/mol. The van der Waals surface area contributed by atoms with E-state index in [0.717, 1.165) is 44.3 Å². The van der Waals surface area contributed by atoms with Gasteiger partial charge in [0.2, 0.25) is 0 Å². The molecule has 5 rings (SSSR count). The number of aromatic nitrogens is 4. The molecule has 2 aromatic carbocycles. The van der Waals surface area contributed by atoms with Crippen LogP contribution in [0.25, 0.3) is 44.3 Å². The Kier molecular flexibility index (Phi) is 3.68. The summed E-state index contributed by atoms with van der Waals surface area (Å²) >= 11 is 6.07. The molecule has 0 saturated carbocycles. The Labute approximate surface area is 165 Å². The van der Waals surface area contributed by atoms with E-state index in [0.29, 0.717) is 10.6 Å². The number of fused-ring (bicyclic) bond motifs is 2. The fraction of sp³-hybridized carbons (Fsp3) is 0.0455. The van der Waals surface area contributed by atoms with Crippen molar-refractivity contribution in [3.63, 3.8) is 0 Å². The van der Waals surface area contributed by atoms with Crippen molar-refractivity contribution in [1.29, 1.82) is 5.26 Å². The van der Waals surface area contributed by atoms with E-state index in [1.807, 2.05) is 36.3 Å². The van der Waals surface area contributed by atoms with E-state index in [1.165, 1.54) is 0 Å². The Morgan fingerprint density at radius 1 is 1.04 bits per heavy atom. The van der Waals surface area contributed by atoms with E-state index in [9.17, 15) is 5.26 Å². The minimum Gasteiger partial charge on any atom is -0.346 e. The fourth-order valence-electron chi connectivity index (χ4n) is 3.48. The quantitative estimate of drug-likeness (QED) is 0.449. The minimum absolute atomic E-state index is 0.451. The molecule has 28 heavy (non-hydrogen) atoms. The van der Waals surface area contributed by atoms with E-state index < -0.39 is 0 Å². The second-order valence-electron chi connectivity index (χ2n) is 6.69. The molecule has 0 fully saturated rings. The summed E-state index contributed by atoms with van der Waals surface area (Å²) in [4.78, 5) is 12.2. The molecule has 1 N–H and O–H groups in total. The zero-order valence-corrected chi connectivity index (χ0v) is 15.7. The van der Waals surface area contributed by atoms with Crippen molar-refractivity contribution >= 4 is 33.7 Å². The van der Waals surface area contributed by atoms with Gasteiger partial charge in [0.15, 0.2) is 0 Å². The summed E-state index contributed by atoms with van der Waals surface area (Å²) in [5.74, 6) is 0. The lowest BCUT2D eigenvalue weighted by Crippen LogP contribution is -1.86. The molecule has 0 unspecified atom stereocenters. The SMILES string of the molecule is Cn1cnc2ccc(-c3c[nH]c4ncc(-c5ccc(Cl)c(C#N)c5)cc34)cc21. The van der Waals surface area contributed by atoms with Crippen LogP contribution in [0.2, 0.25) is 5.02 Å². The molecule has 0 aliphatic carbocycles. The number of nitriles is 1. The normalized spacial score (nSPS) is 11.2. The highest BCUT2D eigenvalue weighted by Gasteiger charge is 2.11. The number of hydrogen-bond donors (Lipinski definition) is 1. The molecule has 5 aromatic rings. The number of benzene rings is 2. The molecule has 0 bridgehead atoms. The summed E-state index contributed by atoms with van der Waals surface area (Å²) in [6.07, 6.45) is 5.59. The van der Waals surface area contributed by atoms with E-state index in [4.69, 9.17) is 11.6 Å². The lowest BCUT2D eigenvalue weighted by Gasteiger charge is -2.05. The van der Waals surface area contributed by atoms with Crippen molar-refractivity contribution in [1.82, 2.24) is 19.5 Å². The van der Waals surface area contributed by atoms with Crippen molar-refractivity contribution in [3.8, 4) is 28.3 Å². The van der Waals surface area contributed by atoms with Gasteiger partial charge in [-0.3, -0.25) is 0 Å². The van der Waals surface area contributed by atoms with Gasteiger partial charge >= 0.3 is 0 Å². The van der Waals surface area contributed by atoms with Gasteiger partial charge in [-0.05, 0) is 41.5 Å². The van der Waals surface area contributed by atoms with Gasteiger partial charge in [-0.15, -0.1) is 0 Å². The van der Waals surface area contributed by atoms with Crippen LogP contribution in [-0.4, -0.2) is 19.5 Å². The highest BCUT2D eigenvalue weighted by Crippen LogP contribution is 2.33. The number of imidazole rings is 1. The Morgan fingerprint density at radius 2 is 1.89 bits per heavy atom. The maximum Gasteiger partial charge on any atom is 0.137 e. The second-order valence-corrected chi connectivity index (χ2v) is 7.10. The number of aryl methyl sites for hydroxylation is 1. The first kappa shape index (κ1) is 16.5. The first-order chi connectivity index (χ1) is 13.6. The van der Waals surface area contributed by atoms with Crippen LogP contribution in [0.4, 0.5) is 0 Å². The highest BCUT2D eigenvalue weighted by atomic mass is 35.5. The third kappa shape index (κ3) is 2.55. The fourth-order valence-corrected chi connectivity index (χ4v) is 3.64. The molecule has 134 valence electrons. The molecule has 0 aliphatic rings. The number of nitrogens with zero attached hydrogens (tertiary/aromatic N) is 4. The minimum atomic E-state index is 0.451. The summed E-state index contributed by atoms with van der Waals surface area (Å²) in [6.45, 7) is 0. The first-order valence-electron chi connectivity index (χ1n) is 8.72. The number of pyridine rings is 1. The van der Waals surface area contributed by atoms with Crippen LogP contribution in [0.15, 0.2) is 61.2 Å². The highest BCUT2D eigenvalue weighted by molar-refractivity contribution is 6.31. The molecular weight excluding hydrogens is 370 g/mol. The molecule has 6 heteroatoms. The average Bonchev–Trinajstić information content (AvgIpc) is 3.31. The first-order valence-corrected chi connectivity index (χ1v) is 9.10. The number of hydrogen-bond acceptors (Lipinski definition) is 3. The Balaban J connectivity index is 1.68. The van der Waals surface area contributed by atoms with Crippen LogP contribution in [0, 0.1) is 11.3 Å². The summed E-state index contributed by atoms with van der Waals surface area (Å²) in [5.41, 5.74) is 7.32. The van der Waals surface area contributed by atoms with Crippen molar-refractivity contribution in [2.45, 2.75) is 0 Å². The van der Waals surface area contributed by atoms with Gasteiger partial charge in [-0.1, -0.05) is 23.7 Å². The number of aromatic amines is 1. The van der Waals surface area contributed by atoms with Crippen LogP contribution in [0.1, 0.15) is 5.56 Å². The zero-order chi connectivity index (χ0) is 19.3. The van der Waals surface area contributed by atoms with Crippen molar-refractivity contribution in [2.24, 2.45) is 7.05 Å². The standard InChI is InChI=1S/C22H14ClN5/c1-28-12-27-20-5-3-14(8-21(20)28)18-11-26-22-17(18)7-16(10-25-22)13-2-4-19(23)15(6-13)9-24/h2-8,10-12H,1H3,(H,25,26). The summed E-state index contributed by atoms with van der Waals surface area (Å²) in [6, 6.07) is 15.9. The zero-order valence-electron chi connectivity index (χ0n) is 14.9. The van der Waals surface area contributed by atoms with Gasteiger partial charge in [0, 0.05) is 36.0 Å². The molecule has 3 heterocycles. The lowest BCUT2D eigenvalue weighted by molar-refractivity contribution is 0.948. The van der Waals surface area contributed by atoms with Gasteiger partial charge in [0.25, 0.3) is 0 Å². The van der Waals surface area contributed by atoms with Gasteiger partial charge in [-0.25, -0.2) is 9.97 Å². The van der Waals surface area contributed by atoms with Gasteiger partial charge in [0.05, 0.1) is 27.9 Å². The number of H-pyrrole nitrogens is 1. The third-order valence-electron chi connectivity index (χ3n) is 4.99. The van der Waals surface area contributed by atoms with E-state index in [-0.39, 0.29) is 0 Å². The summed E-state index contributed by atoms with van der Waals surface area (Å²) < 4.78 is 2.01. The van der Waals surface area contributed by atoms with Gasteiger partial charge in [-0.2, -0.15) is 5.26 Å². The molecule has 3 aromatic heterocycles. The van der Waals surface area contributed by atoms with E-state index >= 15 is 0 Å². The van der Waals surface area contributed by atoms with E-state index in [2.05, 4.69) is 39.2 Å². The second kappa shape index (κ2) is 6.22. The molecule has 0 amide bonds. The predicted octanol–water partition coefficient (Wildman–Crippen LogP) is 5.31. The lowest BCUT2D eigenvalue weighted by atomic mass is 10.0. The molecule has 5 nitrogen and oxygen atoms in total. The predicted molar refractivity (Wildman–Crippen MR) is 111 cm³/mol. The largest absolute Gasteiger partial charge is 0.346 e. The molecule has 0 saturated heterocycles. The van der Waals surface area contributed by atoms with Gasteiger partial charge in [0.1, 0.15) is 11.7 Å². The summed E-state index contributed by atoms with van der Waals surface area (Å²) in [7, 11) is 1.99. The Bertz CT molecular complexity index is 1400. The topological polar surface area (TPSA) is 70.3 Å². The maximum absolute atomic E-state index is 9.25. The van der Waals surface area contributed by atoms with Crippen LogP contribution >= 0.6 is 11.6 Å². The Morgan fingerprint density at radius 3 is 2.75 bits per heavy atom. The van der Waals surface area contributed by atoms with Crippen LogP contribution in [0.5, 0.6) is 0 Å². The van der Waals surface area contributed by atoms with Crippen molar-refractivity contribution in [2.75, 3.05) is 0 Å². The van der Waals surface area contributed by atoms with Crippen molar-refractivity contribution in [3.05, 3.63) is 71.8 Å². The maximum atomic E-state index is 9.25. The number of rotatable bonds is 2. The van der Waals surface area contributed by atoms with Crippen LogP contribution < -0.4 is 0 Å². The smallest absolute Gasteiger partial charge is 0.137 e. The monoisotopic (exact) mass is 383 g/mol. The molecular formula is C22H14ClN5. The van der Waals surface area contributed by atoms with Crippen molar-refractivity contribution < 1.29 is 0 Å². The van der Waals surface area contributed by atoms with E-state index in [1.54, 1.807) is 18.3 Å². The van der Waals surface area contributed by atoms with Crippen LogP contribution in [-0.2, 0) is 7.05 Å². The van der Waals surface area contributed by atoms with Crippen LogP contribution in [0.3, 0.4) is 0 Å². The molecule has 0 spiro atoms. The number of nitrogens with one attached hydrogen (secondary N) is 1. The molecule has 0 aliphatic heterocycles. The summed E-state index contributed by atoms with van der Waals surface area (Å²) in [5, 5.41) is 10.7. The third-order valence-corrected chi connectivity index (χ3v) is 5.32. The molecule has 0 radical (unpaired) electrons. The van der Waals surface area contributed by atoms with Gasteiger partial charge < -0.3 is 9.55 Å². The Hall–Kier alpha value is -3.62. The molecule has 0 atom stereocenters.